The molecular weight excluding hydrogens is 106 g/mol. The minimum absolute atomic E-state index is 0.0347. The Kier molecular flexibility index (Phi) is 1.30. The summed E-state index contributed by atoms with van der Waals surface area (Å²) in [4.78, 5) is 10.5. The van der Waals surface area contributed by atoms with Crippen molar-refractivity contribution in [2.24, 2.45) is 5.73 Å². The van der Waals surface area contributed by atoms with Gasteiger partial charge < -0.3 is 10.5 Å². The van der Waals surface area contributed by atoms with E-state index in [9.17, 15) is 4.79 Å². The molecule has 0 radical (unpaired) electrons. The van der Waals surface area contributed by atoms with Crippen LogP contribution in [0.15, 0.2) is 12.3 Å². The molecule has 0 aliphatic carbocycles. The molecule has 1 rings (SSSR count). The zero-order chi connectivity index (χ0) is 5.98. The monoisotopic (exact) mass is 113 g/mol. The van der Waals surface area contributed by atoms with Crippen LogP contribution in [0.25, 0.3) is 0 Å². The molecule has 1 saturated heterocycles. The lowest BCUT2D eigenvalue weighted by atomic mass is 10.3. The minimum atomic E-state index is -0.185. The zero-order valence-electron chi connectivity index (χ0n) is 4.33. The van der Waals surface area contributed by atoms with Crippen LogP contribution in [0, 0.1) is 0 Å². The quantitative estimate of drug-likeness (QED) is 0.385. The van der Waals surface area contributed by atoms with Crippen molar-refractivity contribution < 1.29 is 9.53 Å². The number of carbonyl (C=O) groups excluding carboxylic acids is 1. The molecule has 0 amide bonds. The molecule has 2 N–H and O–H groups in total. The van der Waals surface area contributed by atoms with Crippen LogP contribution < -0.4 is 5.73 Å². The Bertz CT molecular complexity index is 126. The number of ether oxygens (including phenoxy) is 1. The fourth-order valence-electron chi connectivity index (χ4n) is 0.415. The van der Waals surface area contributed by atoms with Crippen LogP contribution in [0.5, 0.6) is 0 Å². The van der Waals surface area contributed by atoms with E-state index in [1.54, 1.807) is 0 Å². The number of ketones is 1. The highest BCUT2D eigenvalue weighted by atomic mass is 16.6. The minimum Gasteiger partial charge on any atom is -0.404 e. The fraction of sp³-hybridized carbons (Fsp3) is 0.400. The molecule has 1 unspecified atom stereocenters. The van der Waals surface area contributed by atoms with E-state index in [-0.39, 0.29) is 11.9 Å². The Morgan fingerprint density at radius 2 is 2.50 bits per heavy atom. The Morgan fingerprint density at radius 1 is 1.88 bits per heavy atom. The Morgan fingerprint density at radius 3 is 2.88 bits per heavy atom. The van der Waals surface area contributed by atoms with Crippen molar-refractivity contribution in [3.63, 3.8) is 0 Å². The number of rotatable bonds is 2. The summed E-state index contributed by atoms with van der Waals surface area (Å²) >= 11 is 0. The smallest absolute Gasteiger partial charge is 0.188 e. The molecule has 0 aromatic heterocycles. The van der Waals surface area contributed by atoms with Crippen molar-refractivity contribution in [2.45, 2.75) is 6.10 Å². The van der Waals surface area contributed by atoms with Gasteiger partial charge in [-0.2, -0.15) is 0 Å². The van der Waals surface area contributed by atoms with Crippen LogP contribution in [-0.4, -0.2) is 18.5 Å². The Labute approximate surface area is 47.1 Å². The van der Waals surface area contributed by atoms with Crippen LogP contribution >= 0.6 is 0 Å². The number of carbonyl (C=O) groups is 1. The average molecular weight is 113 g/mol. The van der Waals surface area contributed by atoms with Gasteiger partial charge in [-0.05, 0) is 12.3 Å². The van der Waals surface area contributed by atoms with E-state index in [4.69, 9.17) is 5.73 Å². The first-order chi connectivity index (χ1) is 3.84. The van der Waals surface area contributed by atoms with Crippen molar-refractivity contribution in [1.82, 2.24) is 0 Å². The molecule has 8 heavy (non-hydrogen) atoms. The maximum atomic E-state index is 10.5. The van der Waals surface area contributed by atoms with Gasteiger partial charge in [-0.3, -0.25) is 4.79 Å². The fourth-order valence-corrected chi connectivity index (χ4v) is 0.415. The summed E-state index contributed by atoms with van der Waals surface area (Å²) in [6.07, 6.45) is 2.36. The first kappa shape index (κ1) is 5.31. The summed E-state index contributed by atoms with van der Waals surface area (Å²) in [6.45, 7) is 0.559. The van der Waals surface area contributed by atoms with Gasteiger partial charge >= 0.3 is 0 Å². The van der Waals surface area contributed by atoms with Gasteiger partial charge in [0.05, 0.1) is 6.61 Å². The molecule has 0 saturated carbocycles. The predicted molar refractivity (Wildman–Crippen MR) is 28.1 cm³/mol. The van der Waals surface area contributed by atoms with E-state index in [1.807, 2.05) is 0 Å². The van der Waals surface area contributed by atoms with Crippen LogP contribution in [0.4, 0.5) is 0 Å². The number of hydrogen-bond donors (Lipinski definition) is 1. The summed E-state index contributed by atoms with van der Waals surface area (Å²) in [5, 5.41) is 0. The van der Waals surface area contributed by atoms with Crippen molar-refractivity contribution in [2.75, 3.05) is 6.61 Å². The first-order valence-electron chi connectivity index (χ1n) is 2.38. The van der Waals surface area contributed by atoms with Gasteiger partial charge in [0.2, 0.25) is 0 Å². The second-order valence-corrected chi connectivity index (χ2v) is 1.58. The predicted octanol–water partition coefficient (Wildman–Crippen LogP) is -0.573. The van der Waals surface area contributed by atoms with Crippen LogP contribution in [0.1, 0.15) is 0 Å². The highest BCUT2D eigenvalue weighted by molar-refractivity contribution is 5.94. The standard InChI is InChI=1S/C5H7NO2/c6-2-1-4(7)5-3-8-5/h1-2,5H,3,6H2. The largest absolute Gasteiger partial charge is 0.404 e. The summed E-state index contributed by atoms with van der Waals surface area (Å²) in [6, 6.07) is 0. The van der Waals surface area contributed by atoms with Crippen LogP contribution in [0.3, 0.4) is 0 Å². The van der Waals surface area contributed by atoms with Gasteiger partial charge in [-0.15, -0.1) is 0 Å². The Balaban J connectivity index is 2.33. The second-order valence-electron chi connectivity index (χ2n) is 1.58. The van der Waals surface area contributed by atoms with Gasteiger partial charge in [0.25, 0.3) is 0 Å². The molecule has 0 bridgehead atoms. The molecular formula is C5H7NO2. The third-order valence-electron chi connectivity index (χ3n) is 0.911. The third kappa shape index (κ3) is 1.07. The summed E-state index contributed by atoms with van der Waals surface area (Å²) in [7, 11) is 0. The molecule has 0 aromatic carbocycles. The van der Waals surface area contributed by atoms with Gasteiger partial charge in [-0.25, -0.2) is 0 Å². The normalized spacial score (nSPS) is 26.2. The van der Waals surface area contributed by atoms with Gasteiger partial charge in [-0.1, -0.05) is 0 Å². The second kappa shape index (κ2) is 1.96. The van der Waals surface area contributed by atoms with E-state index in [1.165, 1.54) is 12.3 Å². The van der Waals surface area contributed by atoms with E-state index in [2.05, 4.69) is 4.74 Å². The molecule has 1 aliphatic heterocycles. The lowest BCUT2D eigenvalue weighted by Gasteiger charge is -1.78. The number of nitrogens with two attached hydrogens (primary N) is 1. The Hall–Kier alpha value is -0.830. The van der Waals surface area contributed by atoms with E-state index in [0.29, 0.717) is 6.61 Å². The zero-order valence-corrected chi connectivity index (χ0v) is 4.33. The van der Waals surface area contributed by atoms with Crippen molar-refractivity contribution in [3.05, 3.63) is 12.3 Å². The summed E-state index contributed by atoms with van der Waals surface area (Å²) in [5.41, 5.74) is 4.94. The van der Waals surface area contributed by atoms with Crippen molar-refractivity contribution in [1.29, 1.82) is 0 Å². The molecule has 0 aromatic rings. The van der Waals surface area contributed by atoms with Crippen LogP contribution in [0.2, 0.25) is 0 Å². The van der Waals surface area contributed by atoms with E-state index >= 15 is 0 Å². The molecule has 1 heterocycles. The van der Waals surface area contributed by atoms with Gasteiger partial charge in [0, 0.05) is 0 Å². The molecule has 3 heteroatoms. The van der Waals surface area contributed by atoms with E-state index in [0.717, 1.165) is 0 Å². The van der Waals surface area contributed by atoms with E-state index < -0.39 is 0 Å². The molecule has 1 atom stereocenters. The van der Waals surface area contributed by atoms with Gasteiger partial charge in [0.1, 0.15) is 6.10 Å². The maximum Gasteiger partial charge on any atom is 0.188 e. The molecule has 1 aliphatic rings. The number of hydrogen-bond acceptors (Lipinski definition) is 3. The highest BCUT2D eigenvalue weighted by Crippen LogP contribution is 2.09. The summed E-state index contributed by atoms with van der Waals surface area (Å²) < 4.78 is 4.67. The number of epoxide rings is 1. The lowest BCUT2D eigenvalue weighted by molar-refractivity contribution is -0.115. The SMILES string of the molecule is NC=CC(=O)C1CO1. The topological polar surface area (TPSA) is 55.6 Å². The average Bonchev–Trinajstić information content (AvgIpc) is 2.45. The van der Waals surface area contributed by atoms with Crippen molar-refractivity contribution in [3.8, 4) is 0 Å². The first-order valence-corrected chi connectivity index (χ1v) is 2.38. The van der Waals surface area contributed by atoms with Crippen LogP contribution in [-0.2, 0) is 9.53 Å². The third-order valence-corrected chi connectivity index (χ3v) is 0.911. The lowest BCUT2D eigenvalue weighted by Crippen LogP contribution is -2.02. The molecule has 1 fully saturated rings. The highest BCUT2D eigenvalue weighted by Gasteiger charge is 2.28. The molecule has 44 valence electrons. The summed E-state index contributed by atoms with van der Waals surface area (Å²) in [5.74, 6) is -0.0347. The molecule has 0 spiro atoms. The molecule has 3 nitrogen and oxygen atoms in total. The van der Waals surface area contributed by atoms with Gasteiger partial charge in [0.15, 0.2) is 5.78 Å². The van der Waals surface area contributed by atoms with Crippen molar-refractivity contribution >= 4 is 5.78 Å². The maximum absolute atomic E-state index is 10.5.